The van der Waals surface area contributed by atoms with Crippen molar-refractivity contribution in [1.82, 2.24) is 24.6 Å². The minimum absolute atomic E-state index is 0.0764. The second kappa shape index (κ2) is 9.73. The number of carbonyl (C=O) groups excluding carboxylic acids is 1. The summed E-state index contributed by atoms with van der Waals surface area (Å²) in [7, 11) is 0. The normalized spacial score (nSPS) is 11.0. The minimum Gasteiger partial charge on any atom is -0.447 e. The fourth-order valence-corrected chi connectivity index (χ4v) is 3.97. The number of aromatic nitrogens is 4. The lowest BCUT2D eigenvalue weighted by molar-refractivity contribution is 0.0749. The van der Waals surface area contributed by atoms with E-state index >= 15 is 0 Å². The largest absolute Gasteiger partial charge is 0.447 e. The van der Waals surface area contributed by atoms with Crippen LogP contribution in [0.15, 0.2) is 40.1 Å². The molecule has 0 aliphatic heterocycles. The zero-order valence-corrected chi connectivity index (χ0v) is 18.2. The molecule has 0 fully saturated rings. The summed E-state index contributed by atoms with van der Waals surface area (Å²) < 4.78 is 7.56. The molecule has 0 bridgehead atoms. The molecule has 0 saturated carbocycles. The van der Waals surface area contributed by atoms with Crippen molar-refractivity contribution in [3.05, 3.63) is 53.5 Å². The maximum atomic E-state index is 12.7. The van der Waals surface area contributed by atoms with Crippen molar-refractivity contribution in [3.63, 3.8) is 0 Å². The maximum Gasteiger partial charge on any atom is 0.275 e. The van der Waals surface area contributed by atoms with Crippen LogP contribution in [-0.2, 0) is 5.75 Å². The van der Waals surface area contributed by atoms with Crippen molar-refractivity contribution >= 4 is 17.7 Å². The number of carbonyl (C=O) groups is 1. The molecular weight excluding hydrogens is 386 g/mol. The highest BCUT2D eigenvalue weighted by Crippen LogP contribution is 2.25. The molecule has 7 nitrogen and oxygen atoms in total. The second-order valence-corrected chi connectivity index (χ2v) is 7.85. The van der Waals surface area contributed by atoms with Crippen molar-refractivity contribution in [2.24, 2.45) is 0 Å². The Morgan fingerprint density at radius 3 is 2.62 bits per heavy atom. The molecule has 29 heavy (non-hydrogen) atoms. The number of hydrogen-bond donors (Lipinski definition) is 0. The van der Waals surface area contributed by atoms with Crippen LogP contribution in [0.4, 0.5) is 0 Å². The molecule has 0 unspecified atom stereocenters. The van der Waals surface area contributed by atoms with Gasteiger partial charge in [0, 0.05) is 18.8 Å². The molecule has 2 heterocycles. The first-order valence-corrected chi connectivity index (χ1v) is 10.9. The molecule has 3 aromatic rings. The number of hydrogen-bond acceptors (Lipinski definition) is 6. The molecule has 0 aliphatic rings. The lowest BCUT2D eigenvalue weighted by Gasteiger charge is -2.19. The summed E-state index contributed by atoms with van der Waals surface area (Å²) >= 11 is 1.48. The molecule has 2 aromatic heterocycles. The summed E-state index contributed by atoms with van der Waals surface area (Å²) in [4.78, 5) is 18.9. The van der Waals surface area contributed by atoms with E-state index in [1.165, 1.54) is 23.6 Å². The number of rotatable bonds is 9. The summed E-state index contributed by atoms with van der Waals surface area (Å²) in [6.45, 7) is 9.56. The molecule has 8 heteroatoms. The SMILES string of the molecule is CCCN(CCC)C(=O)c1coc(CSc2nnc(C)n2-c2cccc(C)c2)n1. The standard InChI is InChI=1S/C21H27N5O2S/c1-5-10-25(11-6-2)20(27)18-13-28-19(22-18)14-29-21-24-23-16(4)26(21)17-9-7-8-15(3)12-17/h7-9,12-13H,5-6,10-11,14H2,1-4H3. The quantitative estimate of drug-likeness (QED) is 0.483. The van der Waals surface area contributed by atoms with E-state index in [0.29, 0.717) is 17.3 Å². The highest BCUT2D eigenvalue weighted by atomic mass is 32.2. The third-order valence-corrected chi connectivity index (χ3v) is 5.34. The molecule has 0 radical (unpaired) electrons. The first-order chi connectivity index (χ1) is 14.0. The predicted molar refractivity (Wildman–Crippen MR) is 113 cm³/mol. The molecule has 0 atom stereocenters. The second-order valence-electron chi connectivity index (χ2n) is 6.91. The zero-order valence-electron chi connectivity index (χ0n) is 17.4. The molecule has 154 valence electrons. The lowest BCUT2D eigenvalue weighted by Crippen LogP contribution is -2.32. The lowest BCUT2D eigenvalue weighted by atomic mass is 10.2. The van der Waals surface area contributed by atoms with Crippen molar-refractivity contribution in [2.75, 3.05) is 13.1 Å². The van der Waals surface area contributed by atoms with E-state index in [1.807, 2.05) is 28.5 Å². The van der Waals surface area contributed by atoms with Gasteiger partial charge in [0.05, 0.1) is 5.75 Å². The molecule has 0 aliphatic carbocycles. The van der Waals surface area contributed by atoms with E-state index in [9.17, 15) is 4.79 Å². The maximum absolute atomic E-state index is 12.7. The third-order valence-electron chi connectivity index (χ3n) is 4.42. The van der Waals surface area contributed by atoms with Crippen LogP contribution in [-0.4, -0.2) is 43.6 Å². The van der Waals surface area contributed by atoms with Crippen LogP contribution >= 0.6 is 11.8 Å². The monoisotopic (exact) mass is 413 g/mol. The van der Waals surface area contributed by atoms with E-state index in [1.54, 1.807) is 0 Å². The predicted octanol–water partition coefficient (Wildman–Crippen LogP) is 4.43. The van der Waals surface area contributed by atoms with Crippen LogP contribution in [0.1, 0.15) is 54.5 Å². The van der Waals surface area contributed by atoms with Crippen molar-refractivity contribution in [3.8, 4) is 5.69 Å². The summed E-state index contributed by atoms with van der Waals surface area (Å²) in [6, 6.07) is 8.20. The van der Waals surface area contributed by atoms with Gasteiger partial charge < -0.3 is 9.32 Å². The van der Waals surface area contributed by atoms with Gasteiger partial charge in [-0.25, -0.2) is 4.98 Å². The van der Waals surface area contributed by atoms with Crippen LogP contribution in [0.3, 0.4) is 0 Å². The van der Waals surface area contributed by atoms with Crippen LogP contribution in [0.2, 0.25) is 0 Å². The molecule has 1 amide bonds. The Bertz CT molecular complexity index is 960. The first-order valence-electron chi connectivity index (χ1n) is 9.89. The molecular formula is C21H27N5O2S. The average molecular weight is 414 g/mol. The van der Waals surface area contributed by atoms with E-state index in [2.05, 4.69) is 48.1 Å². The van der Waals surface area contributed by atoms with Gasteiger partial charge in [0.1, 0.15) is 12.1 Å². The first kappa shape index (κ1) is 21.1. The van der Waals surface area contributed by atoms with Crippen molar-refractivity contribution < 1.29 is 9.21 Å². The Morgan fingerprint density at radius 1 is 1.17 bits per heavy atom. The number of amides is 1. The number of benzene rings is 1. The molecule has 1 aromatic carbocycles. The number of aryl methyl sites for hydroxylation is 2. The molecule has 3 rings (SSSR count). The fourth-order valence-electron chi connectivity index (χ4n) is 3.12. The molecule has 0 N–H and O–H groups in total. The van der Waals surface area contributed by atoms with E-state index in [-0.39, 0.29) is 5.91 Å². The van der Waals surface area contributed by atoms with Gasteiger partial charge in [-0.3, -0.25) is 9.36 Å². The van der Waals surface area contributed by atoms with Gasteiger partial charge >= 0.3 is 0 Å². The number of thioether (sulfide) groups is 1. The van der Waals surface area contributed by atoms with Crippen molar-refractivity contribution in [2.45, 2.75) is 51.4 Å². The Balaban J connectivity index is 1.71. The van der Waals surface area contributed by atoms with Gasteiger partial charge in [0.2, 0.25) is 5.89 Å². The highest BCUT2D eigenvalue weighted by Gasteiger charge is 2.19. The Labute approximate surface area is 175 Å². The summed E-state index contributed by atoms with van der Waals surface area (Å²) in [6.07, 6.45) is 3.29. The smallest absolute Gasteiger partial charge is 0.275 e. The van der Waals surface area contributed by atoms with Crippen molar-refractivity contribution in [1.29, 1.82) is 0 Å². The Morgan fingerprint density at radius 2 is 1.93 bits per heavy atom. The topological polar surface area (TPSA) is 77.0 Å². The highest BCUT2D eigenvalue weighted by molar-refractivity contribution is 7.98. The van der Waals surface area contributed by atoms with Crippen LogP contribution in [0.5, 0.6) is 0 Å². The average Bonchev–Trinajstić information content (AvgIpc) is 3.32. The molecule has 0 spiro atoms. The zero-order chi connectivity index (χ0) is 20.8. The summed E-state index contributed by atoms with van der Waals surface area (Å²) in [5.74, 6) is 1.71. The van der Waals surface area contributed by atoms with Gasteiger partial charge in [-0.1, -0.05) is 37.7 Å². The minimum atomic E-state index is -0.0764. The summed E-state index contributed by atoms with van der Waals surface area (Å²) in [5, 5.41) is 9.26. The van der Waals surface area contributed by atoms with Gasteiger partial charge in [-0.2, -0.15) is 0 Å². The molecule has 0 saturated heterocycles. The van der Waals surface area contributed by atoms with Crippen LogP contribution < -0.4 is 0 Å². The Hall–Kier alpha value is -2.61. The van der Waals surface area contributed by atoms with Gasteiger partial charge in [-0.15, -0.1) is 10.2 Å². The summed E-state index contributed by atoms with van der Waals surface area (Å²) in [5.41, 5.74) is 2.55. The van der Waals surface area contributed by atoms with Gasteiger partial charge in [0.15, 0.2) is 10.9 Å². The van der Waals surface area contributed by atoms with E-state index in [4.69, 9.17) is 4.42 Å². The van der Waals surface area contributed by atoms with E-state index in [0.717, 1.165) is 42.6 Å². The number of oxazole rings is 1. The van der Waals surface area contributed by atoms with E-state index < -0.39 is 0 Å². The van der Waals surface area contributed by atoms with Gasteiger partial charge in [0.25, 0.3) is 5.91 Å². The van der Waals surface area contributed by atoms with Crippen LogP contribution in [0, 0.1) is 13.8 Å². The Kier molecular flexibility index (Phi) is 7.09. The van der Waals surface area contributed by atoms with Crippen LogP contribution in [0.25, 0.3) is 5.69 Å². The fraction of sp³-hybridized carbons (Fsp3) is 0.429. The third kappa shape index (κ3) is 5.06. The number of nitrogens with zero attached hydrogens (tertiary/aromatic N) is 5. The van der Waals surface area contributed by atoms with Gasteiger partial charge in [-0.05, 0) is 44.4 Å².